The van der Waals surface area contributed by atoms with Gasteiger partial charge in [-0.1, -0.05) is 47.1 Å². The molecule has 0 aliphatic rings. The van der Waals surface area contributed by atoms with Gasteiger partial charge in [-0.15, -0.1) is 5.10 Å². The van der Waals surface area contributed by atoms with E-state index in [1.165, 1.54) is 18.0 Å². The van der Waals surface area contributed by atoms with Crippen LogP contribution in [0.4, 0.5) is 5.82 Å². The molecule has 0 saturated heterocycles. The molecule has 0 spiro atoms. The molecule has 0 saturated carbocycles. The van der Waals surface area contributed by atoms with Crippen molar-refractivity contribution in [2.75, 3.05) is 11.1 Å². The van der Waals surface area contributed by atoms with Crippen LogP contribution in [0.5, 0.6) is 0 Å². The molecule has 2 aromatic heterocycles. The largest absolute Gasteiger partial charge is 0.309 e. The van der Waals surface area contributed by atoms with Crippen LogP contribution in [0, 0.1) is 13.8 Å². The third-order valence-corrected chi connectivity index (χ3v) is 5.24. The number of thioether (sulfide) groups is 1. The van der Waals surface area contributed by atoms with Crippen LogP contribution in [0.2, 0.25) is 10.0 Å². The maximum absolute atomic E-state index is 12.2. The van der Waals surface area contributed by atoms with Crippen molar-refractivity contribution >= 4 is 46.7 Å². The fourth-order valence-electron chi connectivity index (χ4n) is 2.13. The van der Waals surface area contributed by atoms with Gasteiger partial charge in [0.2, 0.25) is 11.1 Å². The maximum Gasteiger partial charge on any atom is 0.236 e. The van der Waals surface area contributed by atoms with Crippen LogP contribution in [0.1, 0.15) is 11.1 Å². The third-order valence-electron chi connectivity index (χ3n) is 3.48. The molecule has 2 heterocycles. The van der Waals surface area contributed by atoms with Crippen molar-refractivity contribution < 1.29 is 4.79 Å². The van der Waals surface area contributed by atoms with Gasteiger partial charge in [-0.05, 0) is 47.5 Å². The molecule has 0 atom stereocenters. The van der Waals surface area contributed by atoms with Crippen molar-refractivity contribution in [3.05, 3.63) is 51.6 Å². The number of hydrogen-bond acceptors (Lipinski definition) is 6. The summed E-state index contributed by atoms with van der Waals surface area (Å²) in [5.74, 6) is 0.105. The standard InChI is InChI=1S/C16H14Cl2N6OS/c1-9-4-3-5-11(6-9)24-16(21-22-23-24)26-8-13(25)20-15-14(18)10(2)12(17)7-19-15/h3-7H,8H2,1-2H3,(H,19,20,25). The number of amides is 1. The zero-order valence-electron chi connectivity index (χ0n) is 13.9. The lowest BCUT2D eigenvalue weighted by atomic mass is 10.2. The Hall–Kier alpha value is -2.16. The van der Waals surface area contributed by atoms with Crippen LogP contribution in [0.3, 0.4) is 0 Å². The molecule has 0 fully saturated rings. The number of pyridine rings is 1. The van der Waals surface area contributed by atoms with Crippen LogP contribution in [0.25, 0.3) is 5.69 Å². The van der Waals surface area contributed by atoms with Crippen LogP contribution in [0.15, 0.2) is 35.6 Å². The second-order valence-corrected chi connectivity index (χ2v) is 7.17. The number of anilines is 1. The van der Waals surface area contributed by atoms with Crippen molar-refractivity contribution in [3.63, 3.8) is 0 Å². The highest BCUT2D eigenvalue weighted by molar-refractivity contribution is 7.99. The fourth-order valence-corrected chi connectivity index (χ4v) is 3.21. The van der Waals surface area contributed by atoms with Crippen molar-refractivity contribution in [3.8, 4) is 5.69 Å². The van der Waals surface area contributed by atoms with Gasteiger partial charge in [0.05, 0.1) is 21.5 Å². The van der Waals surface area contributed by atoms with E-state index < -0.39 is 0 Å². The molecule has 1 aromatic carbocycles. The molecule has 0 bridgehead atoms. The van der Waals surface area contributed by atoms with Gasteiger partial charge in [0.15, 0.2) is 5.82 Å². The molecule has 0 radical (unpaired) electrons. The van der Waals surface area contributed by atoms with Crippen LogP contribution < -0.4 is 5.32 Å². The Balaban J connectivity index is 1.68. The average Bonchev–Trinajstić information content (AvgIpc) is 3.09. The lowest BCUT2D eigenvalue weighted by molar-refractivity contribution is -0.113. The number of carbonyl (C=O) groups is 1. The van der Waals surface area contributed by atoms with Crippen molar-refractivity contribution in [1.29, 1.82) is 0 Å². The van der Waals surface area contributed by atoms with Gasteiger partial charge in [-0.3, -0.25) is 4.79 Å². The van der Waals surface area contributed by atoms with Gasteiger partial charge in [0.1, 0.15) is 0 Å². The van der Waals surface area contributed by atoms with Gasteiger partial charge in [-0.2, -0.15) is 4.68 Å². The minimum absolute atomic E-state index is 0.103. The summed E-state index contributed by atoms with van der Waals surface area (Å²) in [6.07, 6.45) is 1.45. The Morgan fingerprint density at radius 2 is 2.12 bits per heavy atom. The smallest absolute Gasteiger partial charge is 0.236 e. The third kappa shape index (κ3) is 4.14. The van der Waals surface area contributed by atoms with E-state index >= 15 is 0 Å². The maximum atomic E-state index is 12.2. The molecule has 26 heavy (non-hydrogen) atoms. The van der Waals surface area contributed by atoms with E-state index in [9.17, 15) is 4.79 Å². The topological polar surface area (TPSA) is 85.6 Å². The van der Waals surface area contributed by atoms with Crippen molar-refractivity contribution in [1.82, 2.24) is 25.2 Å². The Kier molecular flexibility index (Phi) is 5.75. The molecule has 7 nitrogen and oxygen atoms in total. The number of aryl methyl sites for hydroxylation is 1. The van der Waals surface area contributed by atoms with Gasteiger partial charge < -0.3 is 5.32 Å². The summed E-state index contributed by atoms with van der Waals surface area (Å²) in [6, 6.07) is 7.76. The van der Waals surface area contributed by atoms with E-state index in [1.807, 2.05) is 31.2 Å². The van der Waals surface area contributed by atoms with E-state index in [0.717, 1.165) is 11.3 Å². The average molecular weight is 409 g/mol. The summed E-state index contributed by atoms with van der Waals surface area (Å²) in [7, 11) is 0. The summed E-state index contributed by atoms with van der Waals surface area (Å²) in [4.78, 5) is 16.3. The summed E-state index contributed by atoms with van der Waals surface area (Å²) < 4.78 is 1.59. The first-order valence-corrected chi connectivity index (χ1v) is 9.28. The summed E-state index contributed by atoms with van der Waals surface area (Å²) in [5.41, 5.74) is 2.58. The molecular formula is C16H14Cl2N6OS. The first kappa shape index (κ1) is 18.6. The predicted octanol–water partition coefficient (Wildman–Crippen LogP) is 3.71. The monoisotopic (exact) mass is 408 g/mol. The zero-order valence-corrected chi connectivity index (χ0v) is 16.2. The number of hydrogen-bond donors (Lipinski definition) is 1. The van der Waals surface area contributed by atoms with Gasteiger partial charge in [-0.25, -0.2) is 4.98 Å². The normalized spacial score (nSPS) is 10.8. The summed E-state index contributed by atoms with van der Waals surface area (Å²) in [5, 5.41) is 15.6. The summed E-state index contributed by atoms with van der Waals surface area (Å²) in [6.45, 7) is 3.74. The molecular weight excluding hydrogens is 395 g/mol. The Labute approximate surface area is 164 Å². The second-order valence-electron chi connectivity index (χ2n) is 5.44. The molecule has 1 N–H and O–H groups in total. The van der Waals surface area contributed by atoms with E-state index in [-0.39, 0.29) is 17.5 Å². The molecule has 10 heteroatoms. The van der Waals surface area contributed by atoms with Gasteiger partial charge in [0.25, 0.3) is 0 Å². The Morgan fingerprint density at radius 1 is 1.31 bits per heavy atom. The van der Waals surface area contributed by atoms with Crippen LogP contribution >= 0.6 is 35.0 Å². The first-order chi connectivity index (χ1) is 12.5. The molecule has 0 unspecified atom stereocenters. The van der Waals surface area contributed by atoms with E-state index in [4.69, 9.17) is 23.2 Å². The highest BCUT2D eigenvalue weighted by Gasteiger charge is 2.14. The lowest BCUT2D eigenvalue weighted by Crippen LogP contribution is -2.16. The molecule has 3 rings (SSSR count). The minimum Gasteiger partial charge on any atom is -0.309 e. The number of nitrogens with one attached hydrogen (secondary N) is 1. The lowest BCUT2D eigenvalue weighted by Gasteiger charge is -2.09. The number of halogens is 2. The number of benzene rings is 1. The highest BCUT2D eigenvalue weighted by Crippen LogP contribution is 2.28. The zero-order chi connectivity index (χ0) is 18.7. The SMILES string of the molecule is Cc1cccc(-n2nnnc2SCC(=O)Nc2ncc(Cl)c(C)c2Cl)c1. The first-order valence-electron chi connectivity index (χ1n) is 7.54. The van der Waals surface area contributed by atoms with E-state index in [1.54, 1.807) is 11.6 Å². The fraction of sp³-hybridized carbons (Fsp3) is 0.188. The van der Waals surface area contributed by atoms with E-state index in [0.29, 0.717) is 20.8 Å². The number of aromatic nitrogens is 5. The Morgan fingerprint density at radius 3 is 2.88 bits per heavy atom. The molecule has 0 aliphatic carbocycles. The molecule has 134 valence electrons. The summed E-state index contributed by atoms with van der Waals surface area (Å²) >= 11 is 13.3. The number of rotatable bonds is 5. The van der Waals surface area contributed by atoms with Crippen molar-refractivity contribution in [2.45, 2.75) is 19.0 Å². The molecule has 0 aliphatic heterocycles. The predicted molar refractivity (Wildman–Crippen MR) is 102 cm³/mol. The van der Waals surface area contributed by atoms with Gasteiger partial charge in [0, 0.05) is 6.20 Å². The van der Waals surface area contributed by atoms with Crippen LogP contribution in [-0.4, -0.2) is 36.9 Å². The number of carbonyl (C=O) groups excluding carboxylic acids is 1. The van der Waals surface area contributed by atoms with Crippen LogP contribution in [-0.2, 0) is 4.79 Å². The van der Waals surface area contributed by atoms with Crippen molar-refractivity contribution in [2.24, 2.45) is 0 Å². The Bertz CT molecular complexity index is 962. The molecule has 1 amide bonds. The minimum atomic E-state index is -0.273. The number of nitrogens with zero attached hydrogens (tertiary/aromatic N) is 5. The van der Waals surface area contributed by atoms with E-state index in [2.05, 4.69) is 25.8 Å². The van der Waals surface area contributed by atoms with Gasteiger partial charge >= 0.3 is 0 Å². The molecule has 3 aromatic rings. The highest BCUT2D eigenvalue weighted by atomic mass is 35.5. The number of tetrazole rings is 1. The second kappa shape index (κ2) is 8.03. The quantitative estimate of drug-likeness (QED) is 0.647.